The number of rotatable bonds is 9. The molecule has 0 unspecified atom stereocenters. The normalized spacial score (nSPS) is 29.9. The van der Waals surface area contributed by atoms with Crippen molar-refractivity contribution in [2.45, 2.75) is 78.3 Å². The van der Waals surface area contributed by atoms with Crippen LogP contribution in [0.15, 0.2) is 30.3 Å². The number of aliphatic hydroxyl groups excluding tert-OH is 1. The number of aliphatic hydroxyl groups is 1. The Kier molecular flexibility index (Phi) is 8.74. The third-order valence-corrected chi connectivity index (χ3v) is 10.7. The van der Waals surface area contributed by atoms with Gasteiger partial charge in [0.2, 0.25) is 5.91 Å². The molecule has 1 aliphatic heterocycles. The number of aromatic carboxylic acids is 1. The summed E-state index contributed by atoms with van der Waals surface area (Å²) in [5.41, 5.74) is 2.25. The van der Waals surface area contributed by atoms with Gasteiger partial charge in [-0.15, -0.1) is 0 Å². The van der Waals surface area contributed by atoms with Gasteiger partial charge in [-0.2, -0.15) is 5.06 Å². The summed E-state index contributed by atoms with van der Waals surface area (Å²) in [5.74, 6) is -0.762. The highest BCUT2D eigenvalue weighted by molar-refractivity contribution is 5.92. The zero-order valence-corrected chi connectivity index (χ0v) is 26.9. The first-order valence-electron chi connectivity index (χ1n) is 15.5. The number of nitrogens with one attached hydrogen (secondary N) is 1. The number of nitrogens with zero attached hydrogens (tertiary/aromatic N) is 2. The second-order valence-electron chi connectivity index (χ2n) is 13.8. The van der Waals surface area contributed by atoms with Gasteiger partial charge in [-0.1, -0.05) is 20.8 Å². The first-order chi connectivity index (χ1) is 20.6. The predicted molar refractivity (Wildman–Crippen MR) is 166 cm³/mol. The molecule has 1 heterocycles. The number of fused-ring (bicyclic) bond motifs is 2. The molecule has 1 amide bonds. The zero-order chi connectivity index (χ0) is 32.2. The Morgan fingerprint density at radius 1 is 1.20 bits per heavy atom. The topological polar surface area (TPSA) is 112 Å². The number of halogens is 1. The van der Waals surface area contributed by atoms with E-state index in [1.54, 1.807) is 24.0 Å². The van der Waals surface area contributed by atoms with Crippen molar-refractivity contribution < 1.29 is 33.8 Å². The van der Waals surface area contributed by atoms with E-state index < -0.39 is 36.0 Å². The monoisotopic (exact) mass is 611 g/mol. The van der Waals surface area contributed by atoms with Gasteiger partial charge in [0.15, 0.2) is 0 Å². The van der Waals surface area contributed by atoms with Crippen molar-refractivity contribution >= 4 is 17.6 Å². The molecule has 3 saturated carbocycles. The molecule has 44 heavy (non-hydrogen) atoms. The average Bonchev–Trinajstić information content (AvgIpc) is 3.30. The van der Waals surface area contributed by atoms with Crippen molar-refractivity contribution in [3.63, 3.8) is 0 Å². The fourth-order valence-corrected chi connectivity index (χ4v) is 8.02. The van der Waals surface area contributed by atoms with Crippen LogP contribution in [0, 0.1) is 34.9 Å². The summed E-state index contributed by atoms with van der Waals surface area (Å²) in [5, 5.41) is 25.3. The van der Waals surface area contributed by atoms with Gasteiger partial charge < -0.3 is 25.2 Å². The molecule has 4 fully saturated rings. The van der Waals surface area contributed by atoms with E-state index >= 15 is 4.39 Å². The predicted octanol–water partition coefficient (Wildman–Crippen LogP) is 4.95. The number of anilines is 1. The van der Waals surface area contributed by atoms with Crippen LogP contribution >= 0.6 is 0 Å². The second kappa shape index (κ2) is 11.9. The van der Waals surface area contributed by atoms with E-state index in [0.29, 0.717) is 34.6 Å². The van der Waals surface area contributed by atoms with Crippen molar-refractivity contribution in [2.75, 3.05) is 26.1 Å². The SMILES string of the molecule is COc1c(-c2cc(C(=O)O)cc(N(C)C)c2)ccc(F)c1CN1O[C@@H](C)[C@@H]([C@H](C)O)[C@H]1C(=O)N[C@H]1C[C@H]2C[C@@H]([C@@H]1C)C2(C)C. The lowest BCUT2D eigenvalue weighted by Crippen LogP contribution is -2.62. The van der Waals surface area contributed by atoms with Gasteiger partial charge >= 0.3 is 5.97 Å². The van der Waals surface area contributed by atoms with E-state index in [4.69, 9.17) is 9.57 Å². The number of hydroxylamine groups is 2. The van der Waals surface area contributed by atoms with Gasteiger partial charge in [0.1, 0.15) is 17.6 Å². The summed E-state index contributed by atoms with van der Waals surface area (Å²) in [4.78, 5) is 33.9. The highest BCUT2D eigenvalue weighted by Gasteiger charge is 2.57. The summed E-state index contributed by atoms with van der Waals surface area (Å²) in [6, 6.07) is 6.96. The molecule has 3 aliphatic carbocycles. The first kappa shape index (κ1) is 32.2. The lowest BCUT2D eigenvalue weighted by atomic mass is 9.45. The number of carbonyl (C=O) groups excluding carboxylic acids is 1. The summed E-state index contributed by atoms with van der Waals surface area (Å²) >= 11 is 0. The summed E-state index contributed by atoms with van der Waals surface area (Å²) in [6.45, 7) is 10.2. The van der Waals surface area contributed by atoms with E-state index in [1.165, 1.54) is 30.7 Å². The molecule has 2 aromatic carbocycles. The van der Waals surface area contributed by atoms with Crippen molar-refractivity contribution in [1.29, 1.82) is 0 Å². The molecule has 9 nitrogen and oxygen atoms in total. The number of ether oxygens (including phenoxy) is 1. The van der Waals surface area contributed by atoms with Crippen molar-refractivity contribution in [3.8, 4) is 16.9 Å². The summed E-state index contributed by atoms with van der Waals surface area (Å²) in [6.07, 6.45) is 0.762. The zero-order valence-electron chi connectivity index (χ0n) is 26.9. The number of carboxylic acid groups (broad SMARTS) is 1. The van der Waals surface area contributed by atoms with E-state index in [0.717, 1.165) is 6.42 Å². The van der Waals surface area contributed by atoms with Crippen LogP contribution in [-0.4, -0.2) is 72.6 Å². The Balaban J connectivity index is 1.48. The molecule has 0 radical (unpaired) electrons. The number of benzene rings is 2. The Labute approximate surface area is 259 Å². The Bertz CT molecular complexity index is 1430. The maximum Gasteiger partial charge on any atom is 0.335 e. The summed E-state index contributed by atoms with van der Waals surface area (Å²) in [7, 11) is 5.06. The largest absolute Gasteiger partial charge is 0.496 e. The number of carboxylic acids is 1. The van der Waals surface area contributed by atoms with Gasteiger partial charge in [0.25, 0.3) is 0 Å². The molecular formula is C34H46FN3O6. The van der Waals surface area contributed by atoms with Gasteiger partial charge in [0, 0.05) is 42.9 Å². The average molecular weight is 612 g/mol. The van der Waals surface area contributed by atoms with Crippen molar-refractivity contribution in [2.24, 2.45) is 29.1 Å². The maximum absolute atomic E-state index is 15.6. The molecule has 1 saturated heterocycles. The van der Waals surface area contributed by atoms with Crippen LogP contribution in [0.4, 0.5) is 10.1 Å². The second-order valence-corrected chi connectivity index (χ2v) is 13.8. The van der Waals surface area contributed by atoms with Crippen LogP contribution in [0.1, 0.15) is 63.4 Å². The van der Waals surface area contributed by atoms with Crippen molar-refractivity contribution in [1.82, 2.24) is 10.4 Å². The Morgan fingerprint density at radius 2 is 1.91 bits per heavy atom. The number of methoxy groups -OCH3 is 1. The van der Waals surface area contributed by atoms with Crippen LogP contribution in [-0.2, 0) is 16.2 Å². The maximum atomic E-state index is 15.6. The third-order valence-electron chi connectivity index (χ3n) is 10.7. The standard InChI is InChI=1S/C34H46FN3O6/c1-17-26-14-22(34(26,4)5)15-28(17)36-32(40)30-29(18(2)39)19(3)44-38(30)16-25-27(35)10-9-24(31(25)43-8)20-11-21(33(41)42)13-23(12-20)37(6)7/h9-13,17-19,22,26,28-30,39H,14-16H2,1-8H3,(H,36,40)(H,41,42)/t17-,18-,19-,22+,26-,28-,29+,30-/m0/s1. The molecule has 6 rings (SSSR count). The third kappa shape index (κ3) is 5.56. The number of amides is 1. The minimum Gasteiger partial charge on any atom is -0.496 e. The summed E-state index contributed by atoms with van der Waals surface area (Å²) < 4.78 is 21.4. The van der Waals surface area contributed by atoms with E-state index in [1.807, 2.05) is 27.1 Å². The lowest BCUT2D eigenvalue weighted by Gasteiger charge is -2.62. The smallest absolute Gasteiger partial charge is 0.335 e. The highest BCUT2D eigenvalue weighted by Crippen LogP contribution is 2.61. The van der Waals surface area contributed by atoms with Gasteiger partial charge in [-0.25, -0.2) is 9.18 Å². The van der Waals surface area contributed by atoms with Gasteiger partial charge in [0.05, 0.1) is 31.4 Å². The first-order valence-corrected chi connectivity index (χ1v) is 15.5. The fourth-order valence-electron chi connectivity index (χ4n) is 8.02. The van der Waals surface area contributed by atoms with E-state index in [9.17, 15) is 19.8 Å². The number of hydrogen-bond donors (Lipinski definition) is 3. The van der Waals surface area contributed by atoms with Crippen LogP contribution in [0.2, 0.25) is 0 Å². The molecule has 8 atom stereocenters. The minimum atomic E-state index is -1.08. The van der Waals surface area contributed by atoms with Gasteiger partial charge in [-0.3, -0.25) is 9.63 Å². The van der Waals surface area contributed by atoms with E-state index in [2.05, 4.69) is 26.1 Å². The Hall–Kier alpha value is -3.21. The molecule has 10 heteroatoms. The van der Waals surface area contributed by atoms with E-state index in [-0.39, 0.29) is 40.8 Å². The number of hydrogen-bond acceptors (Lipinski definition) is 7. The number of carbonyl (C=O) groups is 2. The van der Waals surface area contributed by atoms with Crippen LogP contribution in [0.5, 0.6) is 5.75 Å². The molecule has 2 aromatic rings. The lowest BCUT2D eigenvalue weighted by molar-refractivity contribution is -0.175. The van der Waals surface area contributed by atoms with Crippen LogP contribution < -0.4 is 15.0 Å². The quantitative estimate of drug-likeness (QED) is 0.365. The molecule has 4 aliphatic rings. The molecule has 0 spiro atoms. The molecule has 240 valence electrons. The molecule has 3 N–H and O–H groups in total. The molecular weight excluding hydrogens is 565 g/mol. The minimum absolute atomic E-state index is 0.0219. The van der Waals surface area contributed by atoms with Crippen molar-refractivity contribution in [3.05, 3.63) is 47.3 Å². The van der Waals surface area contributed by atoms with Crippen LogP contribution in [0.25, 0.3) is 11.1 Å². The fraction of sp³-hybridized carbons (Fsp3) is 0.588. The molecule has 0 aromatic heterocycles. The van der Waals surface area contributed by atoms with Crippen LogP contribution in [0.3, 0.4) is 0 Å². The molecule has 2 bridgehead atoms. The Morgan fingerprint density at radius 3 is 2.48 bits per heavy atom. The highest BCUT2D eigenvalue weighted by atomic mass is 19.1. The van der Waals surface area contributed by atoms with Gasteiger partial charge in [-0.05, 0) is 85.8 Å².